The maximum absolute atomic E-state index is 11.9. The Morgan fingerprint density at radius 3 is 2.50 bits per heavy atom. The zero-order valence-corrected chi connectivity index (χ0v) is 12.6. The standard InChI is InChI=1S/C18H20N2O2/c1-14(21)16-8-5-9-17(12-16)20-18(22)10-11-19-13-15-6-3-2-4-7-15/h2-9,12,19H,10-11,13H2,1H3,(H,20,22). The number of Topliss-reactive ketones (excluding diaryl/α,β-unsaturated/α-hetero) is 1. The van der Waals surface area contributed by atoms with Gasteiger partial charge >= 0.3 is 0 Å². The molecule has 0 saturated heterocycles. The highest BCUT2D eigenvalue weighted by Gasteiger charge is 2.04. The summed E-state index contributed by atoms with van der Waals surface area (Å²) >= 11 is 0. The predicted molar refractivity (Wildman–Crippen MR) is 87.8 cm³/mol. The van der Waals surface area contributed by atoms with Gasteiger partial charge in [-0.05, 0) is 24.6 Å². The Morgan fingerprint density at radius 2 is 1.77 bits per heavy atom. The first-order valence-corrected chi connectivity index (χ1v) is 7.30. The van der Waals surface area contributed by atoms with Crippen molar-refractivity contribution in [3.8, 4) is 0 Å². The summed E-state index contributed by atoms with van der Waals surface area (Å²) in [6.07, 6.45) is 0.386. The highest BCUT2D eigenvalue weighted by Crippen LogP contribution is 2.11. The quantitative estimate of drug-likeness (QED) is 0.610. The van der Waals surface area contributed by atoms with Crippen LogP contribution in [0.1, 0.15) is 29.3 Å². The first-order chi connectivity index (χ1) is 10.6. The van der Waals surface area contributed by atoms with Crippen LogP contribution in [0.15, 0.2) is 54.6 Å². The van der Waals surface area contributed by atoms with Crippen LogP contribution in [0.3, 0.4) is 0 Å². The molecule has 0 bridgehead atoms. The molecule has 0 heterocycles. The highest BCUT2D eigenvalue weighted by atomic mass is 16.1. The van der Waals surface area contributed by atoms with Gasteiger partial charge in [0.05, 0.1) is 0 Å². The van der Waals surface area contributed by atoms with Crippen LogP contribution >= 0.6 is 0 Å². The lowest BCUT2D eigenvalue weighted by Gasteiger charge is -2.07. The highest BCUT2D eigenvalue weighted by molar-refractivity contribution is 5.97. The summed E-state index contributed by atoms with van der Waals surface area (Å²) in [6.45, 7) is 2.86. The van der Waals surface area contributed by atoms with Gasteiger partial charge in [0.2, 0.25) is 5.91 Å². The monoisotopic (exact) mass is 296 g/mol. The summed E-state index contributed by atoms with van der Waals surface area (Å²) in [5.41, 5.74) is 2.44. The van der Waals surface area contributed by atoms with Crippen LogP contribution in [-0.2, 0) is 11.3 Å². The summed E-state index contributed by atoms with van der Waals surface area (Å²) in [4.78, 5) is 23.2. The van der Waals surface area contributed by atoms with Crippen molar-refractivity contribution in [1.82, 2.24) is 5.32 Å². The molecule has 0 aromatic heterocycles. The fraction of sp³-hybridized carbons (Fsp3) is 0.222. The summed E-state index contributed by atoms with van der Waals surface area (Å²) in [5, 5.41) is 6.04. The second-order valence-corrected chi connectivity index (χ2v) is 5.10. The number of ketones is 1. The maximum Gasteiger partial charge on any atom is 0.225 e. The van der Waals surface area contributed by atoms with Gasteiger partial charge in [-0.25, -0.2) is 0 Å². The number of hydrogen-bond acceptors (Lipinski definition) is 3. The lowest BCUT2D eigenvalue weighted by molar-refractivity contribution is -0.116. The van der Waals surface area contributed by atoms with Crippen molar-refractivity contribution in [3.63, 3.8) is 0 Å². The van der Waals surface area contributed by atoms with Crippen molar-refractivity contribution in [3.05, 3.63) is 65.7 Å². The Hall–Kier alpha value is -2.46. The van der Waals surface area contributed by atoms with E-state index >= 15 is 0 Å². The molecule has 1 amide bonds. The van der Waals surface area contributed by atoms with E-state index in [0.29, 0.717) is 24.2 Å². The van der Waals surface area contributed by atoms with Crippen LogP contribution in [0.2, 0.25) is 0 Å². The van der Waals surface area contributed by atoms with E-state index in [4.69, 9.17) is 0 Å². The number of hydrogen-bond donors (Lipinski definition) is 2. The molecule has 0 spiro atoms. The number of amides is 1. The van der Waals surface area contributed by atoms with E-state index < -0.39 is 0 Å². The normalized spacial score (nSPS) is 10.2. The summed E-state index contributed by atoms with van der Waals surface area (Å²) in [5.74, 6) is -0.0816. The van der Waals surface area contributed by atoms with E-state index in [1.165, 1.54) is 12.5 Å². The lowest BCUT2D eigenvalue weighted by atomic mass is 10.1. The van der Waals surface area contributed by atoms with Gasteiger partial charge in [-0.1, -0.05) is 42.5 Å². The molecule has 0 fully saturated rings. The zero-order chi connectivity index (χ0) is 15.8. The third-order valence-corrected chi connectivity index (χ3v) is 3.25. The fourth-order valence-corrected chi connectivity index (χ4v) is 2.07. The number of nitrogens with one attached hydrogen (secondary N) is 2. The number of carbonyl (C=O) groups excluding carboxylic acids is 2. The molecule has 0 atom stereocenters. The van der Waals surface area contributed by atoms with Crippen LogP contribution < -0.4 is 10.6 Å². The van der Waals surface area contributed by atoms with E-state index in [1.54, 1.807) is 24.3 Å². The van der Waals surface area contributed by atoms with Gasteiger partial charge in [-0.2, -0.15) is 0 Å². The Balaban J connectivity index is 1.74. The average molecular weight is 296 g/mol. The summed E-state index contributed by atoms with van der Waals surface area (Å²) in [7, 11) is 0. The molecule has 2 rings (SSSR count). The van der Waals surface area contributed by atoms with E-state index in [1.807, 2.05) is 30.3 Å². The molecular weight excluding hydrogens is 276 g/mol. The van der Waals surface area contributed by atoms with Gasteiger partial charge in [-0.15, -0.1) is 0 Å². The molecule has 4 nitrogen and oxygen atoms in total. The summed E-state index contributed by atoms with van der Waals surface area (Å²) < 4.78 is 0. The summed E-state index contributed by atoms with van der Waals surface area (Å²) in [6, 6.07) is 17.0. The van der Waals surface area contributed by atoms with Crippen molar-refractivity contribution >= 4 is 17.4 Å². The molecule has 4 heteroatoms. The first kappa shape index (κ1) is 15.9. The lowest BCUT2D eigenvalue weighted by Crippen LogP contribution is -2.21. The van der Waals surface area contributed by atoms with Crippen LogP contribution in [-0.4, -0.2) is 18.2 Å². The van der Waals surface area contributed by atoms with E-state index in [-0.39, 0.29) is 11.7 Å². The van der Waals surface area contributed by atoms with Gasteiger partial charge < -0.3 is 10.6 Å². The van der Waals surface area contributed by atoms with Crippen molar-refractivity contribution < 1.29 is 9.59 Å². The minimum Gasteiger partial charge on any atom is -0.326 e. The predicted octanol–water partition coefficient (Wildman–Crippen LogP) is 3.01. The number of benzene rings is 2. The Morgan fingerprint density at radius 1 is 1.00 bits per heavy atom. The number of carbonyl (C=O) groups is 2. The SMILES string of the molecule is CC(=O)c1cccc(NC(=O)CCNCc2ccccc2)c1. The Bertz CT molecular complexity index is 639. The van der Waals surface area contributed by atoms with Crippen LogP contribution in [0.25, 0.3) is 0 Å². The van der Waals surface area contributed by atoms with Crippen molar-refractivity contribution in [2.45, 2.75) is 19.9 Å². The fourth-order valence-electron chi connectivity index (χ4n) is 2.07. The number of rotatable bonds is 7. The molecule has 0 unspecified atom stereocenters. The van der Waals surface area contributed by atoms with E-state index in [2.05, 4.69) is 10.6 Å². The van der Waals surface area contributed by atoms with Gasteiger partial charge in [-0.3, -0.25) is 9.59 Å². The molecule has 0 aliphatic carbocycles. The number of anilines is 1. The second kappa shape index (κ2) is 8.10. The van der Waals surface area contributed by atoms with Gasteiger partial charge in [0.15, 0.2) is 5.78 Å². The van der Waals surface area contributed by atoms with Gasteiger partial charge in [0.25, 0.3) is 0 Å². The molecule has 2 aromatic rings. The van der Waals surface area contributed by atoms with Crippen LogP contribution in [0, 0.1) is 0 Å². The first-order valence-electron chi connectivity index (χ1n) is 7.30. The van der Waals surface area contributed by atoms with Crippen molar-refractivity contribution in [2.75, 3.05) is 11.9 Å². The molecule has 0 aliphatic rings. The molecule has 0 radical (unpaired) electrons. The zero-order valence-electron chi connectivity index (χ0n) is 12.6. The second-order valence-electron chi connectivity index (χ2n) is 5.10. The van der Waals surface area contributed by atoms with E-state index in [0.717, 1.165) is 6.54 Å². The molecule has 114 valence electrons. The Kier molecular flexibility index (Phi) is 5.86. The molecular formula is C18H20N2O2. The molecule has 0 aliphatic heterocycles. The third-order valence-electron chi connectivity index (χ3n) is 3.25. The van der Waals surface area contributed by atoms with Crippen LogP contribution in [0.4, 0.5) is 5.69 Å². The van der Waals surface area contributed by atoms with E-state index in [9.17, 15) is 9.59 Å². The topological polar surface area (TPSA) is 58.2 Å². The maximum atomic E-state index is 11.9. The minimum atomic E-state index is -0.0683. The van der Waals surface area contributed by atoms with Crippen LogP contribution in [0.5, 0.6) is 0 Å². The van der Waals surface area contributed by atoms with Gasteiger partial charge in [0, 0.05) is 30.8 Å². The molecule has 2 aromatic carbocycles. The molecule has 0 saturated carbocycles. The molecule has 22 heavy (non-hydrogen) atoms. The average Bonchev–Trinajstić information content (AvgIpc) is 2.53. The smallest absolute Gasteiger partial charge is 0.225 e. The van der Waals surface area contributed by atoms with Crippen molar-refractivity contribution in [2.24, 2.45) is 0 Å². The minimum absolute atomic E-state index is 0.0133. The van der Waals surface area contributed by atoms with Gasteiger partial charge in [0.1, 0.15) is 0 Å². The third kappa shape index (κ3) is 5.14. The van der Waals surface area contributed by atoms with Crippen molar-refractivity contribution in [1.29, 1.82) is 0 Å². The largest absolute Gasteiger partial charge is 0.326 e. The Labute approximate surface area is 130 Å². The molecule has 2 N–H and O–H groups in total.